The second-order valence-corrected chi connectivity index (χ2v) is 3.96. The van der Waals surface area contributed by atoms with E-state index in [0.717, 1.165) is 0 Å². The summed E-state index contributed by atoms with van der Waals surface area (Å²) in [5.41, 5.74) is 0.245. The Balaban J connectivity index is 2.81. The molecule has 6 heteroatoms. The molecule has 0 saturated carbocycles. The van der Waals surface area contributed by atoms with Gasteiger partial charge in [-0.05, 0) is 20.3 Å². The number of aromatic nitrogens is 2. The van der Waals surface area contributed by atoms with Crippen molar-refractivity contribution in [3.63, 3.8) is 0 Å². The third kappa shape index (κ3) is 3.19. The number of hydrogen-bond acceptors (Lipinski definition) is 3. The molecule has 1 aromatic heterocycles. The Bertz CT molecular complexity index is 463. The molecule has 0 aliphatic carbocycles. The molecule has 0 aromatic carbocycles. The molecule has 0 fully saturated rings. The molecule has 6 nitrogen and oxygen atoms in total. The monoisotopic (exact) mass is 251 g/mol. The highest BCUT2D eigenvalue weighted by Crippen LogP contribution is 2.13. The molecular formula is C12H17N3O3. The zero-order valence-corrected chi connectivity index (χ0v) is 10.7. The van der Waals surface area contributed by atoms with Crippen molar-refractivity contribution in [1.82, 2.24) is 15.3 Å². The van der Waals surface area contributed by atoms with Crippen molar-refractivity contribution in [2.45, 2.75) is 33.2 Å². The molecule has 98 valence electrons. The highest BCUT2D eigenvalue weighted by molar-refractivity contribution is 6.01. The van der Waals surface area contributed by atoms with Gasteiger partial charge in [0.05, 0.1) is 6.04 Å². The zero-order valence-electron chi connectivity index (χ0n) is 10.7. The normalized spacial score (nSPS) is 13.7. The van der Waals surface area contributed by atoms with Crippen molar-refractivity contribution in [1.29, 1.82) is 0 Å². The Labute approximate surface area is 105 Å². The molecular weight excluding hydrogens is 234 g/mol. The van der Waals surface area contributed by atoms with Gasteiger partial charge in [-0.15, -0.1) is 0 Å². The number of rotatable bonds is 5. The second kappa shape index (κ2) is 6.00. The van der Waals surface area contributed by atoms with Crippen LogP contribution in [0.4, 0.5) is 0 Å². The molecule has 3 N–H and O–H groups in total. The van der Waals surface area contributed by atoms with Crippen LogP contribution in [0.1, 0.15) is 39.1 Å². The van der Waals surface area contributed by atoms with Gasteiger partial charge in [-0.2, -0.15) is 0 Å². The minimum atomic E-state index is -1.09. The molecule has 0 radical (unpaired) electrons. The van der Waals surface area contributed by atoms with Gasteiger partial charge < -0.3 is 15.4 Å². The van der Waals surface area contributed by atoms with Crippen LogP contribution in [0.15, 0.2) is 23.5 Å². The lowest BCUT2D eigenvalue weighted by molar-refractivity contribution is -0.133. The van der Waals surface area contributed by atoms with E-state index < -0.39 is 11.9 Å². The van der Waals surface area contributed by atoms with Crippen LogP contribution < -0.4 is 5.32 Å². The maximum absolute atomic E-state index is 11.9. The minimum absolute atomic E-state index is 0.0433. The zero-order chi connectivity index (χ0) is 13.7. The SMILES string of the molecule is CCC(NC(=O)/C(C)=C(/C)C(=O)O)c1ncc[nH]1. The topological polar surface area (TPSA) is 95.1 Å². The maximum atomic E-state index is 11.9. The van der Waals surface area contributed by atoms with E-state index in [-0.39, 0.29) is 17.2 Å². The van der Waals surface area contributed by atoms with Gasteiger partial charge in [-0.1, -0.05) is 6.92 Å². The van der Waals surface area contributed by atoms with Crippen LogP contribution in [0.3, 0.4) is 0 Å². The number of hydrogen-bond donors (Lipinski definition) is 3. The average molecular weight is 251 g/mol. The van der Waals surface area contributed by atoms with Gasteiger partial charge in [0.1, 0.15) is 5.82 Å². The fraction of sp³-hybridized carbons (Fsp3) is 0.417. The van der Waals surface area contributed by atoms with E-state index in [1.165, 1.54) is 13.8 Å². The van der Waals surface area contributed by atoms with Crippen LogP contribution in [0.5, 0.6) is 0 Å². The molecule has 1 rings (SSSR count). The summed E-state index contributed by atoms with van der Waals surface area (Å²) >= 11 is 0. The van der Waals surface area contributed by atoms with Crippen LogP contribution in [-0.4, -0.2) is 27.0 Å². The number of amides is 1. The molecule has 0 spiro atoms. The summed E-state index contributed by atoms with van der Waals surface area (Å²) in [6, 6.07) is -0.246. The minimum Gasteiger partial charge on any atom is -0.478 e. The largest absolute Gasteiger partial charge is 0.478 e. The van der Waals surface area contributed by atoms with Crippen LogP contribution in [0, 0.1) is 0 Å². The molecule has 1 heterocycles. The van der Waals surface area contributed by atoms with E-state index in [1.807, 2.05) is 6.92 Å². The lowest BCUT2D eigenvalue weighted by Gasteiger charge is -2.15. The number of carboxylic acids is 1. The lowest BCUT2D eigenvalue weighted by Crippen LogP contribution is -2.30. The summed E-state index contributed by atoms with van der Waals surface area (Å²) < 4.78 is 0. The van der Waals surface area contributed by atoms with Crippen LogP contribution in [-0.2, 0) is 9.59 Å². The number of carbonyl (C=O) groups excluding carboxylic acids is 1. The molecule has 0 bridgehead atoms. The van der Waals surface area contributed by atoms with Crippen molar-refractivity contribution < 1.29 is 14.7 Å². The highest BCUT2D eigenvalue weighted by atomic mass is 16.4. The fourth-order valence-electron chi connectivity index (χ4n) is 1.43. The lowest BCUT2D eigenvalue weighted by atomic mass is 10.1. The van der Waals surface area contributed by atoms with Gasteiger partial charge in [0.25, 0.3) is 0 Å². The van der Waals surface area contributed by atoms with Crippen LogP contribution >= 0.6 is 0 Å². The van der Waals surface area contributed by atoms with Crippen LogP contribution in [0.25, 0.3) is 0 Å². The van der Waals surface area contributed by atoms with Crippen molar-refractivity contribution in [2.75, 3.05) is 0 Å². The first kappa shape index (κ1) is 14.0. The summed E-state index contributed by atoms with van der Waals surface area (Å²) in [6.45, 7) is 4.81. The van der Waals surface area contributed by atoms with Crippen LogP contribution in [0.2, 0.25) is 0 Å². The first-order valence-electron chi connectivity index (χ1n) is 5.68. The van der Waals surface area contributed by atoms with Crippen molar-refractivity contribution in [3.8, 4) is 0 Å². The summed E-state index contributed by atoms with van der Waals surface area (Å²) in [7, 11) is 0. The van der Waals surface area contributed by atoms with Gasteiger partial charge in [-0.3, -0.25) is 4.79 Å². The van der Waals surface area contributed by atoms with E-state index in [2.05, 4.69) is 15.3 Å². The number of carbonyl (C=O) groups is 2. The molecule has 0 saturated heterocycles. The summed E-state index contributed by atoms with van der Waals surface area (Å²) in [4.78, 5) is 29.7. The molecule has 1 amide bonds. The van der Waals surface area contributed by atoms with Gasteiger partial charge >= 0.3 is 5.97 Å². The smallest absolute Gasteiger partial charge is 0.331 e. The number of nitrogens with one attached hydrogen (secondary N) is 2. The Morgan fingerprint density at radius 3 is 2.56 bits per heavy atom. The van der Waals surface area contributed by atoms with Crippen molar-refractivity contribution in [2.24, 2.45) is 0 Å². The second-order valence-electron chi connectivity index (χ2n) is 3.96. The Morgan fingerprint density at radius 1 is 1.44 bits per heavy atom. The van der Waals surface area contributed by atoms with Gasteiger partial charge in [-0.25, -0.2) is 9.78 Å². The van der Waals surface area contributed by atoms with E-state index >= 15 is 0 Å². The predicted octanol–water partition coefficient (Wildman–Crippen LogP) is 1.40. The van der Waals surface area contributed by atoms with E-state index in [0.29, 0.717) is 12.2 Å². The highest BCUT2D eigenvalue weighted by Gasteiger charge is 2.18. The van der Waals surface area contributed by atoms with E-state index in [4.69, 9.17) is 5.11 Å². The van der Waals surface area contributed by atoms with Gasteiger partial charge in [0.2, 0.25) is 5.91 Å². The van der Waals surface area contributed by atoms with Crippen molar-refractivity contribution in [3.05, 3.63) is 29.4 Å². The number of carboxylic acid groups (broad SMARTS) is 1. The van der Waals surface area contributed by atoms with Crippen molar-refractivity contribution >= 4 is 11.9 Å². The third-order valence-electron chi connectivity index (χ3n) is 2.79. The first-order chi connectivity index (χ1) is 8.47. The standard InChI is InChI=1S/C12H17N3O3/c1-4-9(10-13-5-6-14-10)15-11(16)7(2)8(3)12(17)18/h5-6,9H,4H2,1-3H3,(H,13,14)(H,15,16)(H,17,18)/b8-7-. The van der Waals surface area contributed by atoms with Gasteiger partial charge in [0, 0.05) is 23.5 Å². The Kier molecular flexibility index (Phi) is 4.65. The van der Waals surface area contributed by atoms with E-state index in [1.54, 1.807) is 12.4 Å². The third-order valence-corrected chi connectivity index (χ3v) is 2.79. The Hall–Kier alpha value is -2.11. The predicted molar refractivity (Wildman–Crippen MR) is 65.8 cm³/mol. The molecule has 18 heavy (non-hydrogen) atoms. The molecule has 1 atom stereocenters. The first-order valence-corrected chi connectivity index (χ1v) is 5.68. The number of imidazole rings is 1. The summed E-state index contributed by atoms with van der Waals surface area (Å²) in [6.07, 6.45) is 3.95. The maximum Gasteiger partial charge on any atom is 0.331 e. The summed E-state index contributed by atoms with van der Waals surface area (Å²) in [5, 5.41) is 11.6. The number of aromatic amines is 1. The number of H-pyrrole nitrogens is 1. The number of nitrogens with zero attached hydrogens (tertiary/aromatic N) is 1. The molecule has 1 aromatic rings. The van der Waals surface area contributed by atoms with Gasteiger partial charge in [0.15, 0.2) is 0 Å². The molecule has 1 unspecified atom stereocenters. The molecule has 0 aliphatic rings. The summed E-state index contributed by atoms with van der Waals surface area (Å²) in [5.74, 6) is -0.821. The van der Waals surface area contributed by atoms with E-state index in [9.17, 15) is 9.59 Å². The quantitative estimate of drug-likeness (QED) is 0.689. The Morgan fingerprint density at radius 2 is 2.11 bits per heavy atom. The fourth-order valence-corrected chi connectivity index (χ4v) is 1.43. The average Bonchev–Trinajstić information content (AvgIpc) is 2.87. The molecule has 0 aliphatic heterocycles. The number of aliphatic carboxylic acids is 1.